The van der Waals surface area contributed by atoms with E-state index in [0.717, 1.165) is 29.5 Å². The van der Waals surface area contributed by atoms with Crippen LogP contribution < -0.4 is 14.2 Å². The molecule has 2 aliphatic rings. The molecule has 1 aliphatic carbocycles. The van der Waals surface area contributed by atoms with E-state index < -0.39 is 40.5 Å². The number of benzene rings is 2. The van der Waals surface area contributed by atoms with Gasteiger partial charge in [0.2, 0.25) is 10.0 Å². The van der Waals surface area contributed by atoms with Gasteiger partial charge < -0.3 is 24.3 Å². The molecule has 0 radical (unpaired) electrons. The Kier molecular flexibility index (Phi) is 11.5. The second kappa shape index (κ2) is 15.4. The van der Waals surface area contributed by atoms with Gasteiger partial charge in [-0.3, -0.25) is 9.59 Å². The van der Waals surface area contributed by atoms with Gasteiger partial charge in [0.1, 0.15) is 22.2 Å². The predicted octanol–water partition coefficient (Wildman–Crippen LogP) is 5.54. The van der Waals surface area contributed by atoms with Gasteiger partial charge in [-0.25, -0.2) is 8.42 Å². The van der Waals surface area contributed by atoms with Gasteiger partial charge in [-0.1, -0.05) is 41.4 Å². The van der Waals surface area contributed by atoms with Crippen LogP contribution in [0.1, 0.15) is 58.8 Å². The molecule has 2 aromatic carbocycles. The molecule has 11 nitrogen and oxygen atoms in total. The number of nitrogens with zero attached hydrogens (tertiary/aromatic N) is 3. The first-order valence-electron chi connectivity index (χ1n) is 15.5. The molecule has 2 fully saturated rings. The minimum atomic E-state index is -4.06. The zero-order valence-electron chi connectivity index (χ0n) is 26.7. The van der Waals surface area contributed by atoms with Crippen molar-refractivity contribution in [2.75, 3.05) is 27.2 Å². The Morgan fingerprint density at radius 1 is 1.06 bits per heavy atom. The van der Waals surface area contributed by atoms with Gasteiger partial charge in [0, 0.05) is 38.2 Å². The molecule has 1 saturated heterocycles. The topological polar surface area (TPSA) is 129 Å². The molecule has 0 N–H and O–H groups in total. The summed E-state index contributed by atoms with van der Waals surface area (Å²) in [5, 5.41) is 11.9. The lowest BCUT2D eigenvalue weighted by molar-refractivity contribution is -0.605. The van der Waals surface area contributed by atoms with Crippen LogP contribution in [0.4, 0.5) is 8.78 Å². The standard InChI is InChI=1S/C33H35Cl2F2N3O8S/c1-38(2)31(41)23-6-3-5-21(13-23)19-49(44,45)40-12-4-7-27(40)32(42)47-29(15-24-25(34)16-39(43)17-26(24)35)22-10-11-28(48-33(36)37)30(14-22)46-18-20-8-9-20/h3,5-6,10-11,13-14,16-17,20,27,29,33H,4,7-9,12,15,18-19H2,1-2H3. The minimum Gasteiger partial charge on any atom is -0.619 e. The Morgan fingerprint density at radius 3 is 2.43 bits per heavy atom. The van der Waals surface area contributed by atoms with E-state index >= 15 is 0 Å². The molecule has 2 unspecified atom stereocenters. The van der Waals surface area contributed by atoms with Crippen molar-refractivity contribution in [2.45, 2.75) is 56.6 Å². The average molecular weight is 743 g/mol. The highest BCUT2D eigenvalue weighted by Crippen LogP contribution is 2.38. The number of ether oxygens (including phenoxy) is 3. The molecule has 49 heavy (non-hydrogen) atoms. The van der Waals surface area contributed by atoms with Crippen molar-refractivity contribution in [3.8, 4) is 11.5 Å². The van der Waals surface area contributed by atoms with Crippen LogP contribution in [0.2, 0.25) is 10.0 Å². The maximum absolute atomic E-state index is 13.8. The summed E-state index contributed by atoms with van der Waals surface area (Å²) in [7, 11) is -0.881. The van der Waals surface area contributed by atoms with Crippen molar-refractivity contribution in [1.82, 2.24) is 9.21 Å². The fourth-order valence-electron chi connectivity index (χ4n) is 5.54. The van der Waals surface area contributed by atoms with Crippen LogP contribution in [0.25, 0.3) is 0 Å². The van der Waals surface area contributed by atoms with Gasteiger partial charge in [-0.15, -0.1) is 0 Å². The second-order valence-corrected chi connectivity index (χ2v) is 14.9. The van der Waals surface area contributed by atoms with Crippen LogP contribution in [0.5, 0.6) is 11.5 Å². The lowest BCUT2D eigenvalue weighted by atomic mass is 10.0. The summed E-state index contributed by atoms with van der Waals surface area (Å²) in [6.07, 6.45) is 3.31. The third-order valence-electron chi connectivity index (χ3n) is 8.19. The Hall–Kier alpha value is -3.72. The Labute approximate surface area is 292 Å². The van der Waals surface area contributed by atoms with Crippen LogP contribution in [0.15, 0.2) is 54.9 Å². The number of carbonyl (C=O) groups excluding carboxylic acids is 2. The SMILES string of the molecule is CN(C)C(=O)c1cccc(CS(=O)(=O)N2CCCC2C(=O)OC(Cc2c(Cl)c[n+]([O-])cc2Cl)c2ccc(OC(F)F)c(OCC3CC3)c2)c1. The van der Waals surface area contributed by atoms with Crippen LogP contribution in [0, 0.1) is 11.1 Å². The van der Waals surface area contributed by atoms with Crippen LogP contribution in [-0.4, -0.2) is 69.4 Å². The summed E-state index contributed by atoms with van der Waals surface area (Å²) in [4.78, 5) is 27.7. The van der Waals surface area contributed by atoms with Crippen molar-refractivity contribution in [3.05, 3.63) is 92.4 Å². The highest BCUT2D eigenvalue weighted by molar-refractivity contribution is 7.88. The number of alkyl halides is 2. The number of carbonyl (C=O) groups is 2. The van der Waals surface area contributed by atoms with Gasteiger partial charge in [-0.2, -0.15) is 17.8 Å². The van der Waals surface area contributed by atoms with Crippen LogP contribution >= 0.6 is 23.2 Å². The molecule has 3 aromatic rings. The van der Waals surface area contributed by atoms with Gasteiger partial charge in [0.05, 0.1) is 12.4 Å². The van der Waals surface area contributed by atoms with E-state index in [2.05, 4.69) is 4.74 Å². The van der Waals surface area contributed by atoms with Crippen LogP contribution in [-0.2, 0) is 31.7 Å². The summed E-state index contributed by atoms with van der Waals surface area (Å²) < 4.78 is 71.7. The number of halogens is 4. The molecule has 2 atom stereocenters. The fraction of sp³-hybridized carbons (Fsp3) is 0.424. The first kappa shape index (κ1) is 36.6. The molecular weight excluding hydrogens is 707 g/mol. The molecule has 2 heterocycles. The van der Waals surface area contributed by atoms with Gasteiger partial charge in [-0.05, 0) is 67.0 Å². The lowest BCUT2D eigenvalue weighted by Crippen LogP contribution is -2.42. The minimum absolute atomic E-state index is 0.00783. The first-order valence-corrected chi connectivity index (χ1v) is 17.9. The van der Waals surface area contributed by atoms with E-state index in [4.69, 9.17) is 32.7 Å². The number of aromatic nitrogens is 1. The molecule has 0 spiro atoms. The molecule has 264 valence electrons. The summed E-state index contributed by atoms with van der Waals surface area (Å²) in [6.45, 7) is -2.77. The lowest BCUT2D eigenvalue weighted by Gasteiger charge is -2.26. The molecule has 1 aromatic heterocycles. The maximum Gasteiger partial charge on any atom is 0.387 e. The number of hydrogen-bond acceptors (Lipinski definition) is 8. The average Bonchev–Trinajstić information content (AvgIpc) is 3.72. The summed E-state index contributed by atoms with van der Waals surface area (Å²) in [5.74, 6) is -1.51. The zero-order chi connectivity index (χ0) is 35.5. The predicted molar refractivity (Wildman–Crippen MR) is 176 cm³/mol. The molecule has 5 rings (SSSR count). The maximum atomic E-state index is 13.8. The van der Waals surface area contributed by atoms with E-state index in [1.807, 2.05) is 0 Å². The fourth-order valence-corrected chi connectivity index (χ4v) is 7.89. The van der Waals surface area contributed by atoms with E-state index in [9.17, 15) is 32.0 Å². The number of hydrogen-bond donors (Lipinski definition) is 0. The molecule has 16 heteroatoms. The summed E-state index contributed by atoms with van der Waals surface area (Å²) in [5.41, 5.74) is 1.27. The van der Waals surface area contributed by atoms with E-state index in [0.29, 0.717) is 27.8 Å². The Bertz CT molecular complexity index is 1790. The van der Waals surface area contributed by atoms with Gasteiger partial charge >= 0.3 is 12.6 Å². The van der Waals surface area contributed by atoms with Gasteiger partial charge in [0.15, 0.2) is 23.9 Å². The molecule has 1 aliphatic heterocycles. The zero-order valence-corrected chi connectivity index (χ0v) is 29.0. The highest BCUT2D eigenvalue weighted by atomic mass is 35.5. The smallest absolute Gasteiger partial charge is 0.387 e. The van der Waals surface area contributed by atoms with Crippen molar-refractivity contribution >= 4 is 45.1 Å². The van der Waals surface area contributed by atoms with Gasteiger partial charge in [0.25, 0.3) is 5.91 Å². The number of esters is 1. The molecule has 1 saturated carbocycles. The first-order chi connectivity index (χ1) is 23.2. The number of rotatable bonds is 14. The van der Waals surface area contributed by atoms with E-state index in [-0.39, 0.29) is 64.9 Å². The van der Waals surface area contributed by atoms with E-state index in [1.54, 1.807) is 32.3 Å². The van der Waals surface area contributed by atoms with Crippen molar-refractivity contribution < 1.29 is 45.7 Å². The molecule has 0 bridgehead atoms. The second-order valence-electron chi connectivity index (χ2n) is 12.2. The largest absolute Gasteiger partial charge is 0.619 e. The van der Waals surface area contributed by atoms with Crippen molar-refractivity contribution in [3.63, 3.8) is 0 Å². The molecular formula is C33H35Cl2F2N3O8S. The third-order valence-corrected chi connectivity index (χ3v) is 10.7. The Balaban J connectivity index is 1.43. The van der Waals surface area contributed by atoms with Crippen molar-refractivity contribution in [1.29, 1.82) is 0 Å². The number of pyridine rings is 1. The van der Waals surface area contributed by atoms with E-state index in [1.165, 1.54) is 29.2 Å². The number of amides is 1. The number of sulfonamides is 1. The third kappa shape index (κ3) is 9.30. The normalized spacial score (nSPS) is 17.2. The Morgan fingerprint density at radius 2 is 1.78 bits per heavy atom. The molecule has 1 amide bonds. The summed E-state index contributed by atoms with van der Waals surface area (Å²) in [6, 6.07) is 9.21. The quantitative estimate of drug-likeness (QED) is 0.120. The van der Waals surface area contributed by atoms with Crippen LogP contribution in [0.3, 0.4) is 0 Å². The summed E-state index contributed by atoms with van der Waals surface area (Å²) >= 11 is 12.7. The van der Waals surface area contributed by atoms with Crippen molar-refractivity contribution in [2.24, 2.45) is 5.92 Å². The highest BCUT2D eigenvalue weighted by Gasteiger charge is 2.41. The monoisotopic (exact) mass is 741 g/mol.